The molecule has 0 saturated carbocycles. The third-order valence-corrected chi connectivity index (χ3v) is 5.32. The molecule has 3 heteroatoms. The Kier molecular flexibility index (Phi) is 6.94. The predicted octanol–water partition coefficient (Wildman–Crippen LogP) is 4.28. The highest BCUT2D eigenvalue weighted by molar-refractivity contribution is 6.76. The van der Waals surface area contributed by atoms with Crippen LogP contribution in [-0.2, 0) is 13.1 Å². The van der Waals surface area contributed by atoms with Gasteiger partial charge in [0, 0.05) is 12.1 Å². The van der Waals surface area contributed by atoms with Crippen LogP contribution in [0.4, 0.5) is 0 Å². The number of rotatable bonds is 9. The number of benzene rings is 2. The van der Waals surface area contributed by atoms with E-state index < -0.39 is 8.07 Å². The molecule has 0 N–H and O–H groups in total. The van der Waals surface area contributed by atoms with Gasteiger partial charge in [0.1, 0.15) is 6.72 Å². The molecule has 2 nitrogen and oxygen atoms in total. The lowest BCUT2D eigenvalue weighted by atomic mass is 10.2. The summed E-state index contributed by atoms with van der Waals surface area (Å²) in [4.78, 5) is 2.60. The lowest BCUT2D eigenvalue weighted by Gasteiger charge is -2.28. The standard InChI is InChI=1S/C21H31N2Si/c1-22(17-20-11-7-5-8-12-20)15-16-23(19-24(2,3)4)18-21-13-9-6-10-14-21/h5-14H,1,15-19H2,2-4H3/q+1. The Hall–Kier alpha value is -1.71. The van der Waals surface area contributed by atoms with Gasteiger partial charge in [-0.25, -0.2) is 4.58 Å². The van der Waals surface area contributed by atoms with Crippen molar-refractivity contribution in [2.24, 2.45) is 0 Å². The summed E-state index contributed by atoms with van der Waals surface area (Å²) in [7, 11) is -1.13. The van der Waals surface area contributed by atoms with Gasteiger partial charge in [-0.05, 0) is 11.7 Å². The van der Waals surface area contributed by atoms with Crippen molar-refractivity contribution >= 4 is 14.8 Å². The van der Waals surface area contributed by atoms with Gasteiger partial charge in [-0.15, -0.1) is 0 Å². The minimum Gasteiger partial charge on any atom is -0.296 e. The molecule has 0 unspecified atom stereocenters. The van der Waals surface area contributed by atoms with Gasteiger partial charge in [-0.3, -0.25) is 4.90 Å². The van der Waals surface area contributed by atoms with E-state index in [0.717, 1.165) is 26.2 Å². The van der Waals surface area contributed by atoms with E-state index in [0.29, 0.717) is 0 Å². The van der Waals surface area contributed by atoms with Crippen molar-refractivity contribution in [3.63, 3.8) is 0 Å². The zero-order chi connectivity index (χ0) is 17.4. The maximum absolute atomic E-state index is 4.23. The second-order valence-corrected chi connectivity index (χ2v) is 13.2. The molecule has 2 aromatic carbocycles. The molecule has 0 heterocycles. The monoisotopic (exact) mass is 339 g/mol. The largest absolute Gasteiger partial charge is 0.296 e. The fraction of sp³-hybridized carbons (Fsp3) is 0.381. The third kappa shape index (κ3) is 7.24. The van der Waals surface area contributed by atoms with Crippen LogP contribution in [0.5, 0.6) is 0 Å². The van der Waals surface area contributed by atoms with Crippen molar-refractivity contribution in [1.82, 2.24) is 4.90 Å². The second-order valence-electron chi connectivity index (χ2n) is 7.80. The summed E-state index contributed by atoms with van der Waals surface area (Å²) in [5.41, 5.74) is 2.72. The second kappa shape index (κ2) is 8.95. The molecular weight excluding hydrogens is 308 g/mol. The SMILES string of the molecule is C=[N+](CCN(Cc1ccccc1)C[Si](C)(C)C)Cc1ccccc1. The minimum atomic E-state index is -1.13. The average molecular weight is 340 g/mol. The molecule has 0 fully saturated rings. The van der Waals surface area contributed by atoms with E-state index in [9.17, 15) is 0 Å². The van der Waals surface area contributed by atoms with Crippen molar-refractivity contribution in [2.45, 2.75) is 32.7 Å². The summed E-state index contributed by atoms with van der Waals surface area (Å²) in [5.74, 6) is 0. The topological polar surface area (TPSA) is 6.25 Å². The molecule has 0 atom stereocenters. The molecule has 0 radical (unpaired) electrons. The van der Waals surface area contributed by atoms with Crippen LogP contribution in [0.25, 0.3) is 0 Å². The van der Waals surface area contributed by atoms with Crippen LogP contribution in [0.1, 0.15) is 11.1 Å². The van der Waals surface area contributed by atoms with Crippen LogP contribution in [0.2, 0.25) is 19.6 Å². The molecule has 0 aliphatic carbocycles. The highest BCUT2D eigenvalue weighted by atomic mass is 28.3. The number of hydrogen-bond acceptors (Lipinski definition) is 1. The zero-order valence-electron chi connectivity index (χ0n) is 15.4. The molecule has 2 rings (SSSR count). The van der Waals surface area contributed by atoms with E-state index in [2.05, 4.69) is 96.5 Å². The highest BCUT2D eigenvalue weighted by Crippen LogP contribution is 2.10. The first-order chi connectivity index (χ1) is 11.4. The summed E-state index contributed by atoms with van der Waals surface area (Å²) in [6.07, 6.45) is 1.22. The molecule has 0 amide bonds. The van der Waals surface area contributed by atoms with E-state index in [1.54, 1.807) is 0 Å². The van der Waals surface area contributed by atoms with Gasteiger partial charge in [0.2, 0.25) is 0 Å². The van der Waals surface area contributed by atoms with Crippen molar-refractivity contribution < 1.29 is 4.58 Å². The highest BCUT2D eigenvalue weighted by Gasteiger charge is 2.19. The quantitative estimate of drug-likeness (QED) is 0.375. The summed E-state index contributed by atoms with van der Waals surface area (Å²) in [6, 6.07) is 21.4. The fourth-order valence-electron chi connectivity index (χ4n) is 2.93. The summed E-state index contributed by atoms with van der Waals surface area (Å²) >= 11 is 0. The van der Waals surface area contributed by atoms with Crippen LogP contribution in [-0.4, -0.2) is 43.5 Å². The van der Waals surface area contributed by atoms with Crippen molar-refractivity contribution in [3.8, 4) is 0 Å². The van der Waals surface area contributed by atoms with Gasteiger partial charge in [0.15, 0.2) is 13.1 Å². The van der Waals surface area contributed by atoms with Crippen molar-refractivity contribution in [3.05, 3.63) is 71.8 Å². The lowest BCUT2D eigenvalue weighted by molar-refractivity contribution is -0.535. The Morgan fingerprint density at radius 2 is 1.42 bits per heavy atom. The van der Waals surface area contributed by atoms with Gasteiger partial charge in [0.25, 0.3) is 0 Å². The average Bonchev–Trinajstić information content (AvgIpc) is 2.53. The Morgan fingerprint density at radius 1 is 0.875 bits per heavy atom. The van der Waals surface area contributed by atoms with E-state index in [1.807, 2.05) is 0 Å². The molecule has 0 aliphatic rings. The molecular formula is C21H31N2Si+. The number of nitrogens with zero attached hydrogens (tertiary/aromatic N) is 2. The first-order valence-electron chi connectivity index (χ1n) is 8.78. The molecule has 24 heavy (non-hydrogen) atoms. The van der Waals surface area contributed by atoms with Gasteiger partial charge < -0.3 is 0 Å². The number of hydrogen-bond donors (Lipinski definition) is 0. The van der Waals surface area contributed by atoms with Crippen LogP contribution in [0.15, 0.2) is 60.7 Å². The van der Waals surface area contributed by atoms with Crippen LogP contribution in [0, 0.1) is 0 Å². The van der Waals surface area contributed by atoms with Crippen LogP contribution < -0.4 is 0 Å². The molecule has 0 spiro atoms. The Balaban J connectivity index is 1.91. The Morgan fingerprint density at radius 3 is 1.96 bits per heavy atom. The molecule has 0 bridgehead atoms. The van der Waals surface area contributed by atoms with Gasteiger partial charge in [-0.2, -0.15) is 0 Å². The Bertz CT molecular complexity index is 617. The van der Waals surface area contributed by atoms with Gasteiger partial charge in [-0.1, -0.05) is 80.3 Å². The lowest BCUT2D eigenvalue weighted by Crippen LogP contribution is -2.42. The Labute approximate surface area is 148 Å². The van der Waals surface area contributed by atoms with E-state index in [4.69, 9.17) is 0 Å². The van der Waals surface area contributed by atoms with Gasteiger partial charge >= 0.3 is 0 Å². The van der Waals surface area contributed by atoms with Crippen LogP contribution >= 0.6 is 0 Å². The fourth-order valence-corrected chi connectivity index (χ4v) is 4.54. The smallest absolute Gasteiger partial charge is 0.167 e. The normalized spacial score (nSPS) is 11.7. The molecule has 0 aromatic heterocycles. The summed E-state index contributed by atoms with van der Waals surface area (Å²) in [5, 5.41) is 0. The van der Waals surface area contributed by atoms with Crippen molar-refractivity contribution in [1.29, 1.82) is 0 Å². The molecule has 0 aliphatic heterocycles. The molecule has 128 valence electrons. The predicted molar refractivity (Wildman–Crippen MR) is 107 cm³/mol. The summed E-state index contributed by atoms with van der Waals surface area (Å²) < 4.78 is 2.18. The summed E-state index contributed by atoms with van der Waals surface area (Å²) in [6.45, 7) is 15.5. The maximum atomic E-state index is 4.23. The minimum absolute atomic E-state index is 0.910. The maximum Gasteiger partial charge on any atom is 0.167 e. The van der Waals surface area contributed by atoms with E-state index in [1.165, 1.54) is 17.3 Å². The van der Waals surface area contributed by atoms with Crippen LogP contribution in [0.3, 0.4) is 0 Å². The first-order valence-corrected chi connectivity index (χ1v) is 12.5. The van der Waals surface area contributed by atoms with E-state index in [-0.39, 0.29) is 0 Å². The first kappa shape index (κ1) is 18.6. The van der Waals surface area contributed by atoms with Crippen molar-refractivity contribution in [2.75, 3.05) is 19.3 Å². The van der Waals surface area contributed by atoms with E-state index >= 15 is 0 Å². The third-order valence-electron chi connectivity index (χ3n) is 3.93. The van der Waals surface area contributed by atoms with Gasteiger partial charge in [0.05, 0.1) is 14.6 Å². The molecule has 2 aromatic rings. The zero-order valence-corrected chi connectivity index (χ0v) is 16.4. The molecule has 0 saturated heterocycles.